The van der Waals surface area contributed by atoms with Crippen molar-refractivity contribution in [3.05, 3.63) is 24.3 Å². The Bertz CT molecular complexity index is 1150. The summed E-state index contributed by atoms with van der Waals surface area (Å²) in [5.41, 5.74) is 0. The van der Waals surface area contributed by atoms with Crippen LogP contribution in [0.15, 0.2) is 24.3 Å². The Kier molecular flexibility index (Phi) is 42.9. The number of rotatable bonds is 47. The van der Waals surface area contributed by atoms with Gasteiger partial charge in [-0.2, -0.15) is 0 Å². The van der Waals surface area contributed by atoms with Crippen LogP contribution in [0.25, 0.3) is 0 Å². The fraction of sp³-hybridized carbons (Fsp3) is 0.891. The second kappa shape index (κ2) is 45.6. The van der Waals surface area contributed by atoms with Gasteiger partial charge < -0.3 is 45.1 Å². The molecule has 388 valence electrons. The number of allylic oxidation sites excluding steroid dienone is 3. The number of esters is 1. The van der Waals surface area contributed by atoms with Crippen molar-refractivity contribution in [2.24, 2.45) is 0 Å². The van der Waals surface area contributed by atoms with Crippen LogP contribution >= 0.6 is 0 Å². The van der Waals surface area contributed by atoms with E-state index in [9.17, 15) is 35.1 Å². The third-order valence-electron chi connectivity index (χ3n) is 13.1. The standard InChI is InChI=1S/C55H103NO10/c1-3-5-7-9-11-13-14-23-27-31-35-39-43-51(60)64-44-40-36-32-28-24-21-19-17-15-16-18-20-22-26-30-34-38-42-50(59)56-47(48(58)41-37-33-29-25-12-10-8-6-4-2)46-65-55-54(63)53(62)52(61)49(45-57)66-55/h15,17,37,41,47-49,52-55,57-58,61-63H,3-14,16,18-36,38-40,42-46H2,1-2H3,(H,56,59)/b17-15-,41-37+. The minimum Gasteiger partial charge on any atom is -0.466 e. The van der Waals surface area contributed by atoms with Gasteiger partial charge in [0.25, 0.3) is 0 Å². The Labute approximate surface area is 403 Å². The molecule has 0 bridgehead atoms. The van der Waals surface area contributed by atoms with E-state index < -0.39 is 49.5 Å². The third kappa shape index (κ3) is 35.3. The number of aliphatic hydroxyl groups is 5. The first-order valence-corrected chi connectivity index (χ1v) is 27.6. The molecule has 1 saturated heterocycles. The summed E-state index contributed by atoms with van der Waals surface area (Å²) in [6.45, 7) is 4.28. The van der Waals surface area contributed by atoms with Crippen LogP contribution < -0.4 is 5.32 Å². The lowest BCUT2D eigenvalue weighted by Gasteiger charge is -2.40. The minimum absolute atomic E-state index is 0.0184. The molecule has 1 aliphatic heterocycles. The van der Waals surface area contributed by atoms with Gasteiger partial charge in [0, 0.05) is 12.8 Å². The number of nitrogens with one attached hydrogen (secondary N) is 1. The molecular formula is C55H103NO10. The molecule has 0 aromatic carbocycles. The topological polar surface area (TPSA) is 175 Å². The molecule has 0 aromatic heterocycles. The van der Waals surface area contributed by atoms with Crippen LogP contribution in [0.4, 0.5) is 0 Å². The highest BCUT2D eigenvalue weighted by Crippen LogP contribution is 2.23. The fourth-order valence-corrected chi connectivity index (χ4v) is 8.60. The molecular weight excluding hydrogens is 835 g/mol. The van der Waals surface area contributed by atoms with Crippen molar-refractivity contribution in [3.8, 4) is 0 Å². The Morgan fingerprint density at radius 3 is 1.45 bits per heavy atom. The molecule has 1 amide bonds. The van der Waals surface area contributed by atoms with E-state index in [1.807, 2.05) is 6.08 Å². The molecule has 11 heteroatoms. The second-order valence-electron chi connectivity index (χ2n) is 19.3. The second-order valence-corrected chi connectivity index (χ2v) is 19.3. The van der Waals surface area contributed by atoms with E-state index in [1.165, 1.54) is 141 Å². The Hall–Kier alpha value is -1.86. The first kappa shape index (κ1) is 62.2. The summed E-state index contributed by atoms with van der Waals surface area (Å²) in [7, 11) is 0. The number of carbonyl (C=O) groups excluding carboxylic acids is 2. The van der Waals surface area contributed by atoms with E-state index in [0.29, 0.717) is 19.4 Å². The van der Waals surface area contributed by atoms with Crippen molar-refractivity contribution in [1.29, 1.82) is 0 Å². The quantitative estimate of drug-likeness (QED) is 0.0196. The van der Waals surface area contributed by atoms with Crippen molar-refractivity contribution >= 4 is 11.9 Å². The van der Waals surface area contributed by atoms with Crippen LogP contribution in [0.3, 0.4) is 0 Å². The minimum atomic E-state index is -1.57. The molecule has 7 atom stereocenters. The number of ether oxygens (including phenoxy) is 3. The summed E-state index contributed by atoms with van der Waals surface area (Å²) in [5, 5.41) is 54.1. The summed E-state index contributed by atoms with van der Waals surface area (Å²) >= 11 is 0. The molecule has 1 heterocycles. The number of hydrogen-bond acceptors (Lipinski definition) is 10. The number of carbonyl (C=O) groups is 2. The summed E-state index contributed by atoms with van der Waals surface area (Å²) in [6, 6.07) is -0.816. The molecule has 11 nitrogen and oxygen atoms in total. The zero-order valence-corrected chi connectivity index (χ0v) is 42.4. The lowest BCUT2D eigenvalue weighted by Crippen LogP contribution is -2.60. The predicted molar refractivity (Wildman–Crippen MR) is 269 cm³/mol. The normalized spacial score (nSPS) is 19.8. The summed E-state index contributed by atoms with van der Waals surface area (Å²) in [6.07, 6.45) is 42.7. The van der Waals surface area contributed by atoms with E-state index >= 15 is 0 Å². The largest absolute Gasteiger partial charge is 0.466 e. The van der Waals surface area contributed by atoms with Gasteiger partial charge >= 0.3 is 5.97 Å². The van der Waals surface area contributed by atoms with Gasteiger partial charge in [0.1, 0.15) is 24.4 Å². The average Bonchev–Trinajstić information content (AvgIpc) is 3.31. The summed E-state index contributed by atoms with van der Waals surface area (Å²) in [5.74, 6) is -0.214. The fourth-order valence-electron chi connectivity index (χ4n) is 8.60. The summed E-state index contributed by atoms with van der Waals surface area (Å²) in [4.78, 5) is 25.0. The van der Waals surface area contributed by atoms with Crippen LogP contribution in [0, 0.1) is 0 Å². The first-order valence-electron chi connectivity index (χ1n) is 27.6. The van der Waals surface area contributed by atoms with Crippen LogP contribution in [-0.2, 0) is 23.8 Å². The van der Waals surface area contributed by atoms with E-state index in [2.05, 4.69) is 31.3 Å². The number of unbranched alkanes of at least 4 members (excludes halogenated alkanes) is 31. The van der Waals surface area contributed by atoms with Crippen molar-refractivity contribution in [1.82, 2.24) is 5.32 Å². The average molecular weight is 938 g/mol. The zero-order chi connectivity index (χ0) is 48.1. The number of amides is 1. The predicted octanol–water partition coefficient (Wildman–Crippen LogP) is 11.8. The van der Waals surface area contributed by atoms with Gasteiger partial charge in [-0.15, -0.1) is 0 Å². The molecule has 7 unspecified atom stereocenters. The van der Waals surface area contributed by atoms with Gasteiger partial charge in [-0.3, -0.25) is 9.59 Å². The van der Waals surface area contributed by atoms with Crippen LogP contribution in [0.2, 0.25) is 0 Å². The lowest BCUT2D eigenvalue weighted by molar-refractivity contribution is -0.302. The lowest BCUT2D eigenvalue weighted by atomic mass is 9.99. The molecule has 66 heavy (non-hydrogen) atoms. The highest BCUT2D eigenvalue weighted by atomic mass is 16.7. The molecule has 1 rings (SSSR count). The molecule has 0 spiro atoms. The van der Waals surface area contributed by atoms with Crippen LogP contribution in [0.1, 0.15) is 251 Å². The van der Waals surface area contributed by atoms with Gasteiger partial charge in [-0.25, -0.2) is 0 Å². The molecule has 1 fully saturated rings. The smallest absolute Gasteiger partial charge is 0.305 e. The molecule has 1 aliphatic rings. The van der Waals surface area contributed by atoms with Crippen molar-refractivity contribution in [2.75, 3.05) is 19.8 Å². The maximum absolute atomic E-state index is 13.0. The van der Waals surface area contributed by atoms with Crippen LogP contribution in [0.5, 0.6) is 0 Å². The molecule has 6 N–H and O–H groups in total. The maximum atomic E-state index is 13.0. The SMILES string of the molecule is CCCCCCCCC/C=C/C(O)C(COC1OC(CO)C(O)C(O)C1O)NC(=O)CCCCCCCCC/C=C\CCCCCCCCOC(=O)CCCCCCCCCCCCCC. The molecule has 0 saturated carbocycles. The zero-order valence-electron chi connectivity index (χ0n) is 42.4. The van der Waals surface area contributed by atoms with Crippen molar-refractivity contribution < 1.29 is 49.3 Å². The highest BCUT2D eigenvalue weighted by Gasteiger charge is 2.44. The van der Waals surface area contributed by atoms with Gasteiger partial charge in [0.15, 0.2) is 6.29 Å². The third-order valence-corrected chi connectivity index (χ3v) is 13.1. The molecule has 0 radical (unpaired) electrons. The van der Waals surface area contributed by atoms with E-state index in [1.54, 1.807) is 6.08 Å². The highest BCUT2D eigenvalue weighted by molar-refractivity contribution is 5.76. The van der Waals surface area contributed by atoms with Crippen LogP contribution in [-0.4, -0.2) is 100 Å². The van der Waals surface area contributed by atoms with E-state index in [-0.39, 0.29) is 18.5 Å². The monoisotopic (exact) mass is 938 g/mol. The Balaban J connectivity index is 2.09. The van der Waals surface area contributed by atoms with Crippen molar-refractivity contribution in [2.45, 2.75) is 294 Å². The Morgan fingerprint density at radius 2 is 0.970 bits per heavy atom. The Morgan fingerprint density at radius 1 is 0.545 bits per heavy atom. The van der Waals surface area contributed by atoms with Gasteiger partial charge in [-0.05, 0) is 57.8 Å². The van der Waals surface area contributed by atoms with E-state index in [4.69, 9.17) is 14.2 Å². The summed E-state index contributed by atoms with van der Waals surface area (Å²) < 4.78 is 16.6. The molecule has 0 aliphatic carbocycles. The van der Waals surface area contributed by atoms with Crippen molar-refractivity contribution in [3.63, 3.8) is 0 Å². The number of hydrogen-bond donors (Lipinski definition) is 6. The number of aliphatic hydroxyl groups excluding tert-OH is 5. The van der Waals surface area contributed by atoms with Gasteiger partial charge in [-0.1, -0.05) is 205 Å². The van der Waals surface area contributed by atoms with Gasteiger partial charge in [0.2, 0.25) is 5.91 Å². The maximum Gasteiger partial charge on any atom is 0.305 e. The molecule has 0 aromatic rings. The van der Waals surface area contributed by atoms with Gasteiger partial charge in [0.05, 0.1) is 32.0 Å². The van der Waals surface area contributed by atoms with E-state index in [0.717, 1.165) is 83.5 Å². The first-order chi connectivity index (χ1) is 32.2.